The van der Waals surface area contributed by atoms with E-state index >= 15 is 0 Å². The molecule has 2 N–H and O–H groups in total. The Kier molecular flexibility index (Phi) is 5.09. The number of anilines is 1. The predicted octanol–water partition coefficient (Wildman–Crippen LogP) is 1.45. The van der Waals surface area contributed by atoms with Crippen molar-refractivity contribution in [2.75, 3.05) is 25.5 Å². The van der Waals surface area contributed by atoms with Gasteiger partial charge in [0.1, 0.15) is 5.82 Å². The van der Waals surface area contributed by atoms with Gasteiger partial charge in [0, 0.05) is 38.3 Å². The average Bonchev–Trinajstić information content (AvgIpc) is 2.35. The van der Waals surface area contributed by atoms with Gasteiger partial charge in [0.15, 0.2) is 0 Å². The zero-order chi connectivity index (χ0) is 13.7. The van der Waals surface area contributed by atoms with Crippen molar-refractivity contribution in [2.45, 2.75) is 19.4 Å². The molecular weight excluding hydrogens is 235 g/mol. The van der Waals surface area contributed by atoms with E-state index in [-0.39, 0.29) is 11.7 Å². The second-order valence-corrected chi connectivity index (χ2v) is 4.22. The second kappa shape index (κ2) is 6.35. The first-order valence-corrected chi connectivity index (χ1v) is 5.85. The summed E-state index contributed by atoms with van der Waals surface area (Å²) >= 11 is 0. The van der Waals surface area contributed by atoms with E-state index in [1.54, 1.807) is 20.0 Å². The Hall–Kier alpha value is -1.62. The Labute approximate surface area is 106 Å². The van der Waals surface area contributed by atoms with Crippen molar-refractivity contribution in [1.82, 2.24) is 5.32 Å². The molecule has 0 spiro atoms. The Morgan fingerprint density at radius 1 is 1.56 bits per heavy atom. The van der Waals surface area contributed by atoms with Gasteiger partial charge in [-0.1, -0.05) is 0 Å². The van der Waals surface area contributed by atoms with Crippen LogP contribution in [0.15, 0.2) is 18.2 Å². The average molecular weight is 254 g/mol. The van der Waals surface area contributed by atoms with E-state index in [9.17, 15) is 14.3 Å². The molecule has 1 amide bonds. The van der Waals surface area contributed by atoms with Crippen LogP contribution in [0.5, 0.6) is 0 Å². The van der Waals surface area contributed by atoms with E-state index in [1.807, 2.05) is 11.9 Å². The van der Waals surface area contributed by atoms with Crippen molar-refractivity contribution in [3.05, 3.63) is 29.6 Å². The number of halogens is 1. The molecule has 0 saturated carbocycles. The quantitative estimate of drug-likeness (QED) is 0.836. The van der Waals surface area contributed by atoms with Crippen LogP contribution in [0.4, 0.5) is 10.1 Å². The van der Waals surface area contributed by atoms with Crippen LogP contribution < -0.4 is 10.2 Å². The minimum atomic E-state index is -0.752. The number of amides is 1. The molecule has 1 aromatic rings. The van der Waals surface area contributed by atoms with E-state index in [0.717, 1.165) is 5.69 Å². The monoisotopic (exact) mass is 254 g/mol. The van der Waals surface area contributed by atoms with Crippen LogP contribution in [0, 0.1) is 5.82 Å². The SMILES string of the molecule is CNC(=O)CCN(C)c1ccc(F)cc1[C@H](C)O. The molecule has 0 saturated heterocycles. The molecule has 0 aliphatic rings. The molecule has 1 aromatic carbocycles. The summed E-state index contributed by atoms with van der Waals surface area (Å²) in [7, 11) is 3.39. The lowest BCUT2D eigenvalue weighted by atomic mass is 10.1. The molecule has 0 fully saturated rings. The molecule has 0 radical (unpaired) electrons. The van der Waals surface area contributed by atoms with Gasteiger partial charge in [-0.3, -0.25) is 4.79 Å². The highest BCUT2D eigenvalue weighted by Crippen LogP contribution is 2.26. The maximum absolute atomic E-state index is 13.1. The first-order valence-electron chi connectivity index (χ1n) is 5.85. The summed E-state index contributed by atoms with van der Waals surface area (Å²) in [6.45, 7) is 2.09. The minimum absolute atomic E-state index is 0.0532. The smallest absolute Gasteiger partial charge is 0.221 e. The largest absolute Gasteiger partial charge is 0.389 e. The fourth-order valence-corrected chi connectivity index (χ4v) is 1.72. The number of rotatable bonds is 5. The lowest BCUT2D eigenvalue weighted by Crippen LogP contribution is -2.27. The number of nitrogens with zero attached hydrogens (tertiary/aromatic N) is 1. The van der Waals surface area contributed by atoms with Crippen LogP contribution in [0.1, 0.15) is 25.0 Å². The van der Waals surface area contributed by atoms with E-state index < -0.39 is 6.10 Å². The van der Waals surface area contributed by atoms with E-state index in [4.69, 9.17) is 0 Å². The second-order valence-electron chi connectivity index (χ2n) is 4.22. The number of aliphatic hydroxyl groups excluding tert-OH is 1. The van der Waals surface area contributed by atoms with Gasteiger partial charge in [0.2, 0.25) is 5.91 Å². The number of hydrogen-bond donors (Lipinski definition) is 2. The summed E-state index contributed by atoms with van der Waals surface area (Å²) in [4.78, 5) is 13.0. The minimum Gasteiger partial charge on any atom is -0.389 e. The first kappa shape index (κ1) is 14.4. The van der Waals surface area contributed by atoms with Gasteiger partial charge in [-0.15, -0.1) is 0 Å². The number of carbonyl (C=O) groups is 1. The normalized spacial score (nSPS) is 12.1. The van der Waals surface area contributed by atoms with Crippen molar-refractivity contribution >= 4 is 11.6 Å². The van der Waals surface area contributed by atoms with E-state index in [0.29, 0.717) is 18.5 Å². The van der Waals surface area contributed by atoms with Crippen molar-refractivity contribution in [3.8, 4) is 0 Å². The summed E-state index contributed by atoms with van der Waals surface area (Å²) in [6.07, 6.45) is -0.401. The zero-order valence-electron chi connectivity index (χ0n) is 10.9. The zero-order valence-corrected chi connectivity index (χ0v) is 10.9. The molecule has 18 heavy (non-hydrogen) atoms. The molecule has 1 rings (SSSR count). The van der Waals surface area contributed by atoms with E-state index in [2.05, 4.69) is 5.32 Å². The fourth-order valence-electron chi connectivity index (χ4n) is 1.72. The van der Waals surface area contributed by atoms with Crippen LogP contribution in [-0.4, -0.2) is 31.7 Å². The van der Waals surface area contributed by atoms with Gasteiger partial charge in [-0.05, 0) is 25.1 Å². The van der Waals surface area contributed by atoms with E-state index in [1.165, 1.54) is 12.1 Å². The molecule has 5 heteroatoms. The standard InChI is InChI=1S/C13H19FN2O2/c1-9(17)11-8-10(14)4-5-12(11)16(3)7-6-13(18)15-2/h4-5,8-9,17H,6-7H2,1-3H3,(H,15,18)/t9-/m0/s1. The molecule has 0 aliphatic heterocycles. The molecule has 1 atom stereocenters. The maximum atomic E-state index is 13.1. The Morgan fingerprint density at radius 2 is 2.22 bits per heavy atom. The topological polar surface area (TPSA) is 52.6 Å². The van der Waals surface area contributed by atoms with Gasteiger partial charge in [0.05, 0.1) is 6.10 Å². The molecule has 0 aliphatic carbocycles. The summed E-state index contributed by atoms with van der Waals surface area (Å²) in [5.74, 6) is -0.433. The molecule has 4 nitrogen and oxygen atoms in total. The highest BCUT2D eigenvalue weighted by molar-refractivity contribution is 5.76. The number of carbonyl (C=O) groups excluding carboxylic acids is 1. The lowest BCUT2D eigenvalue weighted by molar-refractivity contribution is -0.120. The molecule has 0 aromatic heterocycles. The maximum Gasteiger partial charge on any atom is 0.221 e. The van der Waals surface area contributed by atoms with Gasteiger partial charge in [-0.2, -0.15) is 0 Å². The fraction of sp³-hybridized carbons (Fsp3) is 0.462. The van der Waals surface area contributed by atoms with Gasteiger partial charge >= 0.3 is 0 Å². The summed E-state index contributed by atoms with van der Waals surface area (Å²) in [5.41, 5.74) is 1.25. The Bertz CT molecular complexity index is 421. The lowest BCUT2D eigenvalue weighted by Gasteiger charge is -2.23. The van der Waals surface area contributed by atoms with Gasteiger partial charge in [-0.25, -0.2) is 4.39 Å². The van der Waals surface area contributed by atoms with Crippen molar-refractivity contribution in [1.29, 1.82) is 0 Å². The molecule has 0 heterocycles. The molecule has 0 unspecified atom stereocenters. The number of aliphatic hydroxyl groups is 1. The number of hydrogen-bond acceptors (Lipinski definition) is 3. The summed E-state index contributed by atoms with van der Waals surface area (Å²) < 4.78 is 13.1. The Balaban J connectivity index is 2.84. The highest BCUT2D eigenvalue weighted by Gasteiger charge is 2.13. The highest BCUT2D eigenvalue weighted by atomic mass is 19.1. The van der Waals surface area contributed by atoms with Crippen LogP contribution in [0.3, 0.4) is 0 Å². The number of benzene rings is 1. The van der Waals surface area contributed by atoms with Gasteiger partial charge in [0.25, 0.3) is 0 Å². The third-order valence-corrected chi connectivity index (χ3v) is 2.80. The summed E-state index contributed by atoms with van der Waals surface area (Å²) in [5, 5.41) is 12.2. The van der Waals surface area contributed by atoms with Crippen LogP contribution in [-0.2, 0) is 4.79 Å². The van der Waals surface area contributed by atoms with Crippen molar-refractivity contribution in [3.63, 3.8) is 0 Å². The number of nitrogens with one attached hydrogen (secondary N) is 1. The third-order valence-electron chi connectivity index (χ3n) is 2.80. The van der Waals surface area contributed by atoms with Gasteiger partial charge < -0.3 is 15.3 Å². The first-order chi connectivity index (χ1) is 8.45. The van der Waals surface area contributed by atoms with Crippen LogP contribution in [0.25, 0.3) is 0 Å². The molecule has 0 bridgehead atoms. The molecular formula is C13H19FN2O2. The summed E-state index contributed by atoms with van der Waals surface area (Å²) in [6, 6.07) is 4.27. The van der Waals surface area contributed by atoms with Crippen LogP contribution >= 0.6 is 0 Å². The van der Waals surface area contributed by atoms with Crippen molar-refractivity contribution < 1.29 is 14.3 Å². The van der Waals surface area contributed by atoms with Crippen LogP contribution in [0.2, 0.25) is 0 Å². The predicted molar refractivity (Wildman–Crippen MR) is 69.0 cm³/mol. The van der Waals surface area contributed by atoms with Crippen molar-refractivity contribution in [2.24, 2.45) is 0 Å². The molecule has 100 valence electrons. The Morgan fingerprint density at radius 3 is 2.78 bits per heavy atom. The third kappa shape index (κ3) is 3.70.